The summed E-state index contributed by atoms with van der Waals surface area (Å²) in [5.74, 6) is 2.03. The van der Waals surface area contributed by atoms with Crippen molar-refractivity contribution >= 4 is 11.6 Å². The number of aromatic nitrogens is 2. The van der Waals surface area contributed by atoms with Crippen molar-refractivity contribution in [2.75, 3.05) is 14.2 Å². The second-order valence-electron chi connectivity index (χ2n) is 4.68. The number of benzene rings is 1. The van der Waals surface area contributed by atoms with Crippen molar-refractivity contribution in [1.29, 1.82) is 0 Å². The molecule has 0 saturated heterocycles. The normalized spacial score (nSPS) is 13.2. The Balaban J connectivity index is 2.15. The van der Waals surface area contributed by atoms with Gasteiger partial charge in [-0.1, -0.05) is 11.6 Å². The Labute approximate surface area is 122 Å². The van der Waals surface area contributed by atoms with Crippen LogP contribution < -0.4 is 9.47 Å². The van der Waals surface area contributed by atoms with E-state index in [2.05, 4.69) is 9.97 Å². The summed E-state index contributed by atoms with van der Waals surface area (Å²) in [6.45, 7) is 0. The Morgan fingerprint density at radius 3 is 2.70 bits per heavy atom. The molecule has 0 unspecified atom stereocenters. The fourth-order valence-electron chi connectivity index (χ4n) is 2.50. The Kier molecular flexibility index (Phi) is 3.49. The minimum absolute atomic E-state index is 0.548. The standard InChI is InChI=1S/C15H15ClN2O2/c1-19-9-6-7-13(20-2)11(8-9)15-17-12-5-3-4-10(12)14(16)18-15/h6-8H,3-5H2,1-2H3. The molecule has 0 spiro atoms. The topological polar surface area (TPSA) is 44.2 Å². The second kappa shape index (κ2) is 5.29. The number of nitrogens with zero attached hydrogens (tertiary/aromatic N) is 2. The van der Waals surface area contributed by atoms with Crippen molar-refractivity contribution in [2.45, 2.75) is 19.3 Å². The highest BCUT2D eigenvalue weighted by atomic mass is 35.5. The zero-order chi connectivity index (χ0) is 14.1. The van der Waals surface area contributed by atoms with Crippen LogP contribution in [0.15, 0.2) is 18.2 Å². The van der Waals surface area contributed by atoms with Gasteiger partial charge in [0.2, 0.25) is 0 Å². The van der Waals surface area contributed by atoms with Crippen molar-refractivity contribution < 1.29 is 9.47 Å². The Hall–Kier alpha value is -1.81. The number of aryl methyl sites for hydroxylation is 1. The smallest absolute Gasteiger partial charge is 0.165 e. The van der Waals surface area contributed by atoms with E-state index >= 15 is 0 Å². The molecule has 5 heteroatoms. The molecule has 1 aliphatic rings. The van der Waals surface area contributed by atoms with Gasteiger partial charge in [-0.25, -0.2) is 9.97 Å². The minimum atomic E-state index is 0.548. The fraction of sp³-hybridized carbons (Fsp3) is 0.333. The zero-order valence-electron chi connectivity index (χ0n) is 11.4. The van der Waals surface area contributed by atoms with Crippen LogP contribution in [0.4, 0.5) is 0 Å². The van der Waals surface area contributed by atoms with Gasteiger partial charge in [-0.15, -0.1) is 0 Å². The molecule has 0 atom stereocenters. The molecule has 4 nitrogen and oxygen atoms in total. The molecule has 1 aromatic heterocycles. The lowest BCUT2D eigenvalue weighted by Crippen LogP contribution is -1.99. The molecule has 1 heterocycles. The van der Waals surface area contributed by atoms with E-state index in [1.807, 2.05) is 18.2 Å². The molecule has 104 valence electrons. The Morgan fingerprint density at radius 2 is 1.95 bits per heavy atom. The van der Waals surface area contributed by atoms with Crippen molar-refractivity contribution in [2.24, 2.45) is 0 Å². The van der Waals surface area contributed by atoms with Crippen molar-refractivity contribution in [3.8, 4) is 22.9 Å². The summed E-state index contributed by atoms with van der Waals surface area (Å²) < 4.78 is 10.6. The number of hydrogen-bond donors (Lipinski definition) is 0. The SMILES string of the molecule is COc1ccc(OC)c(-c2nc(Cl)c3c(n2)CCC3)c1. The van der Waals surface area contributed by atoms with Gasteiger partial charge in [-0.3, -0.25) is 0 Å². The van der Waals surface area contributed by atoms with E-state index in [1.54, 1.807) is 14.2 Å². The molecule has 2 aromatic rings. The first-order valence-electron chi connectivity index (χ1n) is 6.50. The van der Waals surface area contributed by atoms with Gasteiger partial charge < -0.3 is 9.47 Å². The summed E-state index contributed by atoms with van der Waals surface area (Å²) in [4.78, 5) is 9.06. The number of methoxy groups -OCH3 is 2. The minimum Gasteiger partial charge on any atom is -0.497 e. The molecule has 0 saturated carbocycles. The lowest BCUT2D eigenvalue weighted by atomic mass is 10.1. The highest BCUT2D eigenvalue weighted by Gasteiger charge is 2.20. The lowest BCUT2D eigenvalue weighted by Gasteiger charge is -2.11. The van der Waals surface area contributed by atoms with E-state index in [0.717, 1.165) is 41.8 Å². The molecule has 3 rings (SSSR count). The molecule has 0 N–H and O–H groups in total. The maximum atomic E-state index is 6.27. The van der Waals surface area contributed by atoms with Gasteiger partial charge in [0.25, 0.3) is 0 Å². The van der Waals surface area contributed by atoms with Gasteiger partial charge in [0.1, 0.15) is 16.7 Å². The van der Waals surface area contributed by atoms with Crippen LogP contribution in [0.1, 0.15) is 17.7 Å². The highest BCUT2D eigenvalue weighted by molar-refractivity contribution is 6.30. The largest absolute Gasteiger partial charge is 0.497 e. The summed E-state index contributed by atoms with van der Waals surface area (Å²) in [6, 6.07) is 5.56. The maximum Gasteiger partial charge on any atom is 0.165 e. The Bertz CT molecular complexity index is 659. The van der Waals surface area contributed by atoms with Crippen LogP contribution in [0.25, 0.3) is 11.4 Å². The van der Waals surface area contributed by atoms with Crippen LogP contribution in [0, 0.1) is 0 Å². The third-order valence-electron chi connectivity index (χ3n) is 3.53. The third-order valence-corrected chi connectivity index (χ3v) is 3.84. The van der Waals surface area contributed by atoms with E-state index in [9.17, 15) is 0 Å². The highest BCUT2D eigenvalue weighted by Crippen LogP contribution is 2.34. The van der Waals surface area contributed by atoms with E-state index in [-0.39, 0.29) is 0 Å². The summed E-state index contributed by atoms with van der Waals surface area (Å²) in [7, 11) is 3.25. The van der Waals surface area contributed by atoms with Crippen LogP contribution in [-0.4, -0.2) is 24.2 Å². The Morgan fingerprint density at radius 1 is 1.10 bits per heavy atom. The summed E-state index contributed by atoms with van der Waals surface area (Å²) in [5.41, 5.74) is 2.92. The van der Waals surface area contributed by atoms with Gasteiger partial charge in [-0.05, 0) is 37.5 Å². The lowest BCUT2D eigenvalue weighted by molar-refractivity contribution is 0.404. The van der Waals surface area contributed by atoms with E-state index in [1.165, 1.54) is 0 Å². The monoisotopic (exact) mass is 290 g/mol. The fourth-order valence-corrected chi connectivity index (χ4v) is 2.78. The molecular weight excluding hydrogens is 276 g/mol. The molecular formula is C15H15ClN2O2. The van der Waals surface area contributed by atoms with E-state index in [0.29, 0.717) is 16.7 Å². The second-order valence-corrected chi connectivity index (χ2v) is 5.04. The predicted molar refractivity (Wildman–Crippen MR) is 77.6 cm³/mol. The molecule has 0 aliphatic heterocycles. The number of hydrogen-bond acceptors (Lipinski definition) is 4. The summed E-state index contributed by atoms with van der Waals surface area (Å²) >= 11 is 6.27. The van der Waals surface area contributed by atoms with Gasteiger partial charge in [-0.2, -0.15) is 0 Å². The molecule has 20 heavy (non-hydrogen) atoms. The van der Waals surface area contributed by atoms with Crippen LogP contribution in [0.2, 0.25) is 5.15 Å². The summed E-state index contributed by atoms with van der Waals surface area (Å²) in [5, 5.41) is 0.548. The van der Waals surface area contributed by atoms with Gasteiger partial charge in [0, 0.05) is 11.3 Å². The number of ether oxygens (including phenoxy) is 2. The van der Waals surface area contributed by atoms with Crippen LogP contribution in [0.5, 0.6) is 11.5 Å². The number of halogens is 1. The number of rotatable bonds is 3. The number of fused-ring (bicyclic) bond motifs is 1. The van der Waals surface area contributed by atoms with Crippen LogP contribution >= 0.6 is 11.6 Å². The van der Waals surface area contributed by atoms with Crippen molar-refractivity contribution in [3.63, 3.8) is 0 Å². The molecule has 0 amide bonds. The molecule has 1 aromatic carbocycles. The molecule has 0 radical (unpaired) electrons. The average molecular weight is 291 g/mol. The quantitative estimate of drug-likeness (QED) is 0.814. The predicted octanol–water partition coefficient (Wildman–Crippen LogP) is 3.30. The van der Waals surface area contributed by atoms with Crippen LogP contribution in [-0.2, 0) is 12.8 Å². The first kappa shape index (κ1) is 13.2. The molecule has 0 fully saturated rings. The first-order chi connectivity index (χ1) is 9.72. The van der Waals surface area contributed by atoms with Gasteiger partial charge >= 0.3 is 0 Å². The zero-order valence-corrected chi connectivity index (χ0v) is 12.2. The first-order valence-corrected chi connectivity index (χ1v) is 6.88. The van der Waals surface area contributed by atoms with E-state index in [4.69, 9.17) is 21.1 Å². The van der Waals surface area contributed by atoms with Gasteiger partial charge in [0.15, 0.2) is 5.82 Å². The summed E-state index contributed by atoms with van der Waals surface area (Å²) in [6.07, 6.45) is 3.00. The van der Waals surface area contributed by atoms with Crippen LogP contribution in [0.3, 0.4) is 0 Å². The third kappa shape index (κ3) is 2.20. The maximum absolute atomic E-state index is 6.27. The average Bonchev–Trinajstić information content (AvgIpc) is 2.95. The van der Waals surface area contributed by atoms with Gasteiger partial charge in [0.05, 0.1) is 19.8 Å². The van der Waals surface area contributed by atoms with E-state index < -0.39 is 0 Å². The molecule has 0 bridgehead atoms. The molecule has 1 aliphatic carbocycles. The van der Waals surface area contributed by atoms with Crippen molar-refractivity contribution in [3.05, 3.63) is 34.6 Å². The van der Waals surface area contributed by atoms with Crippen molar-refractivity contribution in [1.82, 2.24) is 9.97 Å².